The molecule has 5 aliphatic rings. The van der Waals surface area contributed by atoms with Gasteiger partial charge in [-0.1, -0.05) is 20.8 Å². The highest BCUT2D eigenvalue weighted by Gasteiger charge is 2.69. The van der Waals surface area contributed by atoms with Gasteiger partial charge in [-0.2, -0.15) is 0 Å². The third-order valence-electron chi connectivity index (χ3n) is 7.40. The Bertz CT molecular complexity index is 536. The third kappa shape index (κ3) is 2.70. The summed E-state index contributed by atoms with van der Waals surface area (Å²) in [6.45, 7) is 8.46. The Morgan fingerprint density at radius 3 is 2.68 bits per heavy atom. The molecule has 1 spiro atoms. The number of rotatable bonds is 4. The summed E-state index contributed by atoms with van der Waals surface area (Å²) >= 11 is 0. The van der Waals surface area contributed by atoms with Crippen LogP contribution in [0.2, 0.25) is 0 Å². The third-order valence-corrected chi connectivity index (χ3v) is 7.40. The summed E-state index contributed by atoms with van der Waals surface area (Å²) in [5.41, 5.74) is -0.488. The lowest BCUT2D eigenvalue weighted by atomic mass is 9.57. The van der Waals surface area contributed by atoms with Gasteiger partial charge in [-0.25, -0.2) is 9.78 Å². The largest absolute Gasteiger partial charge is 0.346 e. The topological polar surface area (TPSA) is 54.0 Å². The van der Waals surface area contributed by atoms with E-state index in [4.69, 9.17) is 19.2 Å². The van der Waals surface area contributed by atoms with Crippen molar-refractivity contribution in [1.82, 2.24) is 0 Å². The van der Waals surface area contributed by atoms with E-state index >= 15 is 0 Å². The summed E-state index contributed by atoms with van der Waals surface area (Å²) in [4.78, 5) is 23.8. The number of carbonyl (C=O) groups is 1. The Labute approximate surface area is 150 Å². The Morgan fingerprint density at radius 1 is 1.12 bits per heavy atom. The molecule has 5 fully saturated rings. The highest BCUT2D eigenvalue weighted by atomic mass is 17.3. The van der Waals surface area contributed by atoms with Crippen LogP contribution in [0.5, 0.6) is 0 Å². The molecule has 0 N–H and O–H groups in total. The second-order valence-corrected chi connectivity index (χ2v) is 8.87. The van der Waals surface area contributed by atoms with E-state index in [9.17, 15) is 4.79 Å². The molecular weight excluding hydrogens is 320 g/mol. The molecule has 25 heavy (non-hydrogen) atoms. The van der Waals surface area contributed by atoms with Gasteiger partial charge >= 0.3 is 0 Å². The Hall–Kier alpha value is -0.490. The highest BCUT2D eigenvalue weighted by Crippen LogP contribution is 2.60. The average Bonchev–Trinajstić information content (AvgIpc) is 2.82. The Balaban J connectivity index is 1.64. The van der Waals surface area contributed by atoms with E-state index in [0.29, 0.717) is 42.3 Å². The van der Waals surface area contributed by atoms with Crippen LogP contribution in [0.1, 0.15) is 72.6 Å². The summed E-state index contributed by atoms with van der Waals surface area (Å²) in [6.07, 6.45) is 5.85. The van der Waals surface area contributed by atoms with Gasteiger partial charge in [0, 0.05) is 25.2 Å². The standard InChI is InChI=1S/C20H32O5/c1-5-14(21)7-9-17-13(3)16-8-6-12(2)15-10-11-19(4)23-18(22-17)20(15,16)25-24-19/h12-13,15-18H,5-11H2,1-4H3/t12-,13-,15+,16+,17-,18-,19-,20-/m1/s1. The highest BCUT2D eigenvalue weighted by molar-refractivity contribution is 5.77. The zero-order valence-electron chi connectivity index (χ0n) is 16.0. The van der Waals surface area contributed by atoms with Crippen LogP contribution < -0.4 is 0 Å². The molecule has 0 aromatic rings. The second-order valence-electron chi connectivity index (χ2n) is 8.87. The first-order valence-electron chi connectivity index (χ1n) is 10.1. The minimum absolute atomic E-state index is 0.0525. The number of fused-ring (bicyclic) bond motifs is 2. The average molecular weight is 352 g/mol. The molecule has 0 amide bonds. The fourth-order valence-electron chi connectivity index (χ4n) is 5.79. The number of carbonyl (C=O) groups excluding carboxylic acids is 1. The maximum Gasteiger partial charge on any atom is 0.201 e. The molecule has 1 saturated carbocycles. The summed E-state index contributed by atoms with van der Waals surface area (Å²) < 4.78 is 12.8. The normalized spacial score (nSPS) is 51.7. The minimum atomic E-state index is -0.720. The number of hydrogen-bond donors (Lipinski definition) is 0. The van der Waals surface area contributed by atoms with Gasteiger partial charge in [-0.05, 0) is 50.4 Å². The molecular formula is C20H32O5. The first kappa shape index (κ1) is 17.9. The van der Waals surface area contributed by atoms with Crippen LogP contribution in [0.4, 0.5) is 0 Å². The molecule has 8 atom stereocenters. The van der Waals surface area contributed by atoms with Gasteiger partial charge in [0.25, 0.3) is 0 Å². The molecule has 1 aliphatic carbocycles. The van der Waals surface area contributed by atoms with Crippen LogP contribution in [-0.2, 0) is 24.0 Å². The number of ketones is 1. The molecule has 4 saturated heterocycles. The molecule has 0 aromatic heterocycles. The summed E-state index contributed by atoms with van der Waals surface area (Å²) in [7, 11) is 0. The van der Waals surface area contributed by atoms with Gasteiger partial charge in [0.2, 0.25) is 5.79 Å². The number of ether oxygens (including phenoxy) is 2. The quantitative estimate of drug-likeness (QED) is 0.716. The van der Waals surface area contributed by atoms with Gasteiger partial charge in [0.05, 0.1) is 6.10 Å². The maximum atomic E-state index is 11.8. The monoisotopic (exact) mass is 352 g/mol. The fraction of sp³-hybridized carbons (Fsp3) is 0.950. The van der Waals surface area contributed by atoms with Gasteiger partial charge in [-0.3, -0.25) is 4.79 Å². The zero-order valence-corrected chi connectivity index (χ0v) is 16.0. The first-order chi connectivity index (χ1) is 11.9. The van der Waals surface area contributed by atoms with Gasteiger partial charge < -0.3 is 9.47 Å². The van der Waals surface area contributed by atoms with Crippen molar-refractivity contribution < 1.29 is 24.0 Å². The van der Waals surface area contributed by atoms with E-state index in [1.165, 1.54) is 6.42 Å². The van der Waals surface area contributed by atoms with Crippen molar-refractivity contribution in [3.63, 3.8) is 0 Å². The smallest absolute Gasteiger partial charge is 0.201 e. The maximum absolute atomic E-state index is 11.8. The Kier molecular flexibility index (Phi) is 4.51. The van der Waals surface area contributed by atoms with E-state index in [1.54, 1.807) is 0 Å². The van der Waals surface area contributed by atoms with Crippen molar-refractivity contribution in [2.24, 2.45) is 23.7 Å². The number of Topliss-reactive ketones (excluding diaryl/α,β-unsaturated/α-hetero) is 1. The second kappa shape index (κ2) is 6.29. The van der Waals surface area contributed by atoms with Crippen LogP contribution in [0.15, 0.2) is 0 Å². The lowest BCUT2D eigenvalue weighted by Crippen LogP contribution is -2.70. The van der Waals surface area contributed by atoms with Gasteiger partial charge in [-0.15, -0.1) is 0 Å². The van der Waals surface area contributed by atoms with Crippen molar-refractivity contribution >= 4 is 5.78 Å². The Morgan fingerprint density at radius 2 is 1.92 bits per heavy atom. The van der Waals surface area contributed by atoms with Crippen LogP contribution in [-0.4, -0.2) is 29.6 Å². The van der Waals surface area contributed by atoms with E-state index in [1.807, 2.05) is 13.8 Å². The molecule has 5 heteroatoms. The van der Waals surface area contributed by atoms with Crippen molar-refractivity contribution in [3.05, 3.63) is 0 Å². The van der Waals surface area contributed by atoms with E-state index in [0.717, 1.165) is 25.7 Å². The van der Waals surface area contributed by atoms with E-state index in [-0.39, 0.29) is 12.4 Å². The molecule has 0 aromatic carbocycles. The summed E-state index contributed by atoms with van der Waals surface area (Å²) in [6, 6.07) is 0. The lowest BCUT2D eigenvalue weighted by Gasteiger charge is -2.60. The molecule has 5 nitrogen and oxygen atoms in total. The van der Waals surface area contributed by atoms with Crippen molar-refractivity contribution in [3.8, 4) is 0 Å². The molecule has 5 rings (SSSR count). The van der Waals surface area contributed by atoms with Gasteiger partial charge in [0.15, 0.2) is 11.9 Å². The van der Waals surface area contributed by atoms with Gasteiger partial charge in [0.1, 0.15) is 5.78 Å². The summed E-state index contributed by atoms with van der Waals surface area (Å²) in [5.74, 6) is 1.27. The van der Waals surface area contributed by atoms with Crippen LogP contribution in [0, 0.1) is 23.7 Å². The van der Waals surface area contributed by atoms with Crippen molar-refractivity contribution in [1.29, 1.82) is 0 Å². The fourth-order valence-corrected chi connectivity index (χ4v) is 5.79. The first-order valence-corrected chi connectivity index (χ1v) is 10.1. The van der Waals surface area contributed by atoms with Crippen LogP contribution in [0.3, 0.4) is 0 Å². The SMILES string of the molecule is CCC(=O)CC[C@H]1O[C@@H]2O[C@@]3(C)CC[C@H]4[C@H](C)CC[C@@H]([C@H]1C)[C@@]24OO3. The zero-order chi connectivity index (χ0) is 17.8. The molecule has 0 radical (unpaired) electrons. The number of hydrogen-bond acceptors (Lipinski definition) is 5. The molecule has 2 bridgehead atoms. The van der Waals surface area contributed by atoms with Crippen molar-refractivity contribution in [2.45, 2.75) is 96.4 Å². The van der Waals surface area contributed by atoms with Crippen LogP contribution >= 0.6 is 0 Å². The molecule has 4 heterocycles. The minimum Gasteiger partial charge on any atom is -0.346 e. The van der Waals surface area contributed by atoms with Crippen molar-refractivity contribution in [2.75, 3.05) is 0 Å². The lowest BCUT2D eigenvalue weighted by molar-refractivity contribution is -0.571. The molecule has 0 unspecified atom stereocenters. The molecule has 142 valence electrons. The predicted octanol–water partition coefficient (Wildman–Crippen LogP) is 4.00. The molecule has 4 aliphatic heterocycles. The summed E-state index contributed by atoms with van der Waals surface area (Å²) in [5, 5.41) is 0. The van der Waals surface area contributed by atoms with Crippen LogP contribution in [0.25, 0.3) is 0 Å². The predicted molar refractivity (Wildman–Crippen MR) is 91.4 cm³/mol. The van der Waals surface area contributed by atoms with E-state index in [2.05, 4.69) is 13.8 Å². The van der Waals surface area contributed by atoms with E-state index < -0.39 is 11.4 Å².